The maximum Gasteiger partial charge on any atom is 0.166 e. The molecule has 0 aromatic heterocycles. The summed E-state index contributed by atoms with van der Waals surface area (Å²) in [4.78, 5) is 12.8. The van der Waals surface area contributed by atoms with Gasteiger partial charge in [-0.3, -0.25) is 4.79 Å². The zero-order chi connectivity index (χ0) is 13.2. The first-order chi connectivity index (χ1) is 9.31. The van der Waals surface area contributed by atoms with Crippen molar-refractivity contribution in [1.29, 1.82) is 0 Å². The van der Waals surface area contributed by atoms with Crippen LogP contribution in [0.5, 0.6) is 0 Å². The Morgan fingerprint density at radius 3 is 2.74 bits per heavy atom. The quantitative estimate of drug-likeness (QED) is 0.852. The number of carbonyl (C=O) groups is 1. The fourth-order valence-corrected chi connectivity index (χ4v) is 3.30. The molecule has 19 heavy (non-hydrogen) atoms. The second-order valence-electron chi connectivity index (χ2n) is 5.42. The van der Waals surface area contributed by atoms with E-state index >= 15 is 0 Å². The monoisotopic (exact) mass is 253 g/mol. The van der Waals surface area contributed by atoms with Gasteiger partial charge in [0.15, 0.2) is 5.78 Å². The van der Waals surface area contributed by atoms with Gasteiger partial charge in [-0.15, -0.1) is 0 Å². The summed E-state index contributed by atoms with van der Waals surface area (Å²) in [5.74, 6) is 0.770. The number of benzene rings is 2. The third-order valence-corrected chi connectivity index (χ3v) is 4.35. The van der Waals surface area contributed by atoms with Gasteiger partial charge in [-0.25, -0.2) is 0 Å². The number of fused-ring (bicyclic) bond motifs is 1. The molecule has 0 saturated heterocycles. The Morgan fingerprint density at radius 1 is 1.11 bits per heavy atom. The molecule has 0 bridgehead atoms. The van der Waals surface area contributed by atoms with Crippen LogP contribution in [0.25, 0.3) is 10.8 Å². The van der Waals surface area contributed by atoms with Gasteiger partial charge < -0.3 is 5.73 Å². The van der Waals surface area contributed by atoms with E-state index in [1.165, 1.54) is 0 Å². The lowest BCUT2D eigenvalue weighted by Crippen LogP contribution is -2.25. The molecule has 1 aliphatic carbocycles. The lowest BCUT2D eigenvalue weighted by atomic mass is 9.86. The molecule has 0 heterocycles. The second-order valence-corrected chi connectivity index (χ2v) is 5.42. The summed E-state index contributed by atoms with van der Waals surface area (Å²) in [6, 6.07) is 14.1. The number of hydrogen-bond donors (Lipinski definition) is 1. The number of nitrogens with two attached hydrogens (primary N) is 1. The van der Waals surface area contributed by atoms with Crippen molar-refractivity contribution in [3.05, 3.63) is 48.0 Å². The van der Waals surface area contributed by atoms with Crippen molar-refractivity contribution >= 4 is 16.6 Å². The summed E-state index contributed by atoms with van der Waals surface area (Å²) in [7, 11) is 0. The van der Waals surface area contributed by atoms with E-state index in [1.807, 2.05) is 30.3 Å². The standard InChI is InChI=1S/C17H19NO/c18-11-13-7-4-9-15(13)17(19)16-10-3-6-12-5-1-2-8-14(12)16/h1-3,5-6,8,10,13,15H,4,7,9,11,18H2. The predicted molar refractivity (Wildman–Crippen MR) is 78.2 cm³/mol. The molecule has 0 amide bonds. The maximum absolute atomic E-state index is 12.8. The van der Waals surface area contributed by atoms with Crippen LogP contribution in [0.15, 0.2) is 42.5 Å². The van der Waals surface area contributed by atoms with Crippen LogP contribution in [0.1, 0.15) is 29.6 Å². The SMILES string of the molecule is NCC1CCCC1C(=O)c1cccc2ccccc12. The van der Waals surface area contributed by atoms with Crippen LogP contribution in [-0.2, 0) is 0 Å². The van der Waals surface area contributed by atoms with Crippen LogP contribution in [0.3, 0.4) is 0 Å². The van der Waals surface area contributed by atoms with E-state index in [2.05, 4.69) is 12.1 Å². The molecule has 1 saturated carbocycles. The van der Waals surface area contributed by atoms with Crippen LogP contribution < -0.4 is 5.73 Å². The Balaban J connectivity index is 2.02. The molecule has 1 aliphatic rings. The average Bonchev–Trinajstić information content (AvgIpc) is 2.94. The number of carbonyl (C=O) groups excluding carboxylic acids is 1. The predicted octanol–water partition coefficient (Wildman–Crippen LogP) is 3.40. The van der Waals surface area contributed by atoms with E-state index in [0.29, 0.717) is 12.5 Å². The van der Waals surface area contributed by atoms with Crippen LogP contribution in [-0.4, -0.2) is 12.3 Å². The summed E-state index contributed by atoms with van der Waals surface area (Å²) in [5.41, 5.74) is 6.66. The van der Waals surface area contributed by atoms with Crippen molar-refractivity contribution in [2.75, 3.05) is 6.54 Å². The van der Waals surface area contributed by atoms with E-state index < -0.39 is 0 Å². The van der Waals surface area contributed by atoms with Crippen molar-refractivity contribution < 1.29 is 4.79 Å². The van der Waals surface area contributed by atoms with Crippen molar-refractivity contribution in [3.63, 3.8) is 0 Å². The van der Waals surface area contributed by atoms with Crippen molar-refractivity contribution in [1.82, 2.24) is 0 Å². The lowest BCUT2D eigenvalue weighted by Gasteiger charge is -2.17. The zero-order valence-electron chi connectivity index (χ0n) is 11.0. The summed E-state index contributed by atoms with van der Waals surface area (Å²) in [5, 5.41) is 2.20. The number of hydrogen-bond acceptors (Lipinski definition) is 2. The van der Waals surface area contributed by atoms with Gasteiger partial charge in [0.1, 0.15) is 0 Å². The Morgan fingerprint density at radius 2 is 1.89 bits per heavy atom. The molecule has 2 N–H and O–H groups in total. The number of rotatable bonds is 3. The Kier molecular flexibility index (Phi) is 3.34. The molecule has 2 nitrogen and oxygen atoms in total. The zero-order valence-corrected chi connectivity index (χ0v) is 11.0. The van der Waals surface area contributed by atoms with Gasteiger partial charge in [-0.2, -0.15) is 0 Å². The summed E-state index contributed by atoms with van der Waals surface area (Å²) in [6.45, 7) is 0.626. The van der Waals surface area contributed by atoms with Gasteiger partial charge in [0, 0.05) is 11.5 Å². The molecule has 0 radical (unpaired) electrons. The lowest BCUT2D eigenvalue weighted by molar-refractivity contribution is 0.0895. The first-order valence-electron chi connectivity index (χ1n) is 7.03. The van der Waals surface area contributed by atoms with E-state index in [0.717, 1.165) is 35.6 Å². The molecule has 98 valence electrons. The van der Waals surface area contributed by atoms with Gasteiger partial charge in [0.2, 0.25) is 0 Å². The van der Waals surface area contributed by atoms with Crippen molar-refractivity contribution in [2.45, 2.75) is 19.3 Å². The molecule has 2 unspecified atom stereocenters. The minimum absolute atomic E-state index is 0.121. The van der Waals surface area contributed by atoms with Gasteiger partial charge in [0.05, 0.1) is 0 Å². The Hall–Kier alpha value is -1.67. The van der Waals surface area contributed by atoms with Crippen LogP contribution in [0.2, 0.25) is 0 Å². The van der Waals surface area contributed by atoms with E-state index in [1.54, 1.807) is 0 Å². The van der Waals surface area contributed by atoms with Gasteiger partial charge in [-0.1, -0.05) is 48.9 Å². The third-order valence-electron chi connectivity index (χ3n) is 4.35. The fraction of sp³-hybridized carbons (Fsp3) is 0.353. The Bertz CT molecular complexity index is 600. The van der Waals surface area contributed by atoms with Gasteiger partial charge in [-0.05, 0) is 36.1 Å². The molecule has 2 aromatic carbocycles. The van der Waals surface area contributed by atoms with Crippen LogP contribution in [0, 0.1) is 11.8 Å². The Labute approximate surface area is 113 Å². The highest BCUT2D eigenvalue weighted by atomic mass is 16.1. The highest BCUT2D eigenvalue weighted by molar-refractivity contribution is 6.09. The first kappa shape index (κ1) is 12.4. The maximum atomic E-state index is 12.8. The van der Waals surface area contributed by atoms with Crippen LogP contribution in [0.4, 0.5) is 0 Å². The smallest absolute Gasteiger partial charge is 0.166 e. The molecule has 0 spiro atoms. The van der Waals surface area contributed by atoms with E-state index in [9.17, 15) is 4.79 Å². The highest BCUT2D eigenvalue weighted by Crippen LogP contribution is 2.34. The van der Waals surface area contributed by atoms with Gasteiger partial charge >= 0.3 is 0 Å². The molecule has 2 heteroatoms. The highest BCUT2D eigenvalue weighted by Gasteiger charge is 2.32. The van der Waals surface area contributed by atoms with E-state index in [-0.39, 0.29) is 11.7 Å². The molecule has 3 rings (SSSR count). The first-order valence-corrected chi connectivity index (χ1v) is 7.03. The van der Waals surface area contributed by atoms with Crippen molar-refractivity contribution in [2.24, 2.45) is 17.6 Å². The minimum atomic E-state index is 0.121. The molecular weight excluding hydrogens is 234 g/mol. The summed E-state index contributed by atoms with van der Waals surface area (Å²) in [6.07, 6.45) is 3.21. The van der Waals surface area contributed by atoms with E-state index in [4.69, 9.17) is 5.73 Å². The number of Topliss-reactive ketones (excluding diaryl/α,β-unsaturated/α-hetero) is 1. The molecule has 0 aliphatic heterocycles. The molecule has 1 fully saturated rings. The normalized spacial score (nSPS) is 22.8. The molecular formula is C17H19NO. The molecule has 2 aromatic rings. The minimum Gasteiger partial charge on any atom is -0.330 e. The fourth-order valence-electron chi connectivity index (χ4n) is 3.30. The summed E-state index contributed by atoms with van der Waals surface area (Å²) < 4.78 is 0. The summed E-state index contributed by atoms with van der Waals surface area (Å²) >= 11 is 0. The van der Waals surface area contributed by atoms with Crippen LogP contribution >= 0.6 is 0 Å². The average molecular weight is 253 g/mol. The van der Waals surface area contributed by atoms with Gasteiger partial charge in [0.25, 0.3) is 0 Å². The third kappa shape index (κ3) is 2.17. The largest absolute Gasteiger partial charge is 0.330 e. The topological polar surface area (TPSA) is 43.1 Å². The second kappa shape index (κ2) is 5.14. The molecule has 2 atom stereocenters. The van der Waals surface area contributed by atoms with Crippen molar-refractivity contribution in [3.8, 4) is 0 Å². The number of ketones is 1.